The molecule has 0 radical (unpaired) electrons. The van der Waals surface area contributed by atoms with E-state index in [2.05, 4.69) is 5.32 Å². The van der Waals surface area contributed by atoms with Crippen LogP contribution >= 0.6 is 0 Å². The Balaban J connectivity index is 2.01. The van der Waals surface area contributed by atoms with E-state index >= 15 is 0 Å². The molecule has 1 aromatic carbocycles. The number of ether oxygens (including phenoxy) is 1. The lowest BCUT2D eigenvalue weighted by atomic mass is 10.1. The monoisotopic (exact) mass is 330 g/mol. The number of rotatable bonds is 5. The maximum Gasteiger partial charge on any atom is 0.407 e. The number of alkyl carbamates (subject to hydrolysis) is 1. The number of aryl methyl sites for hydroxylation is 1. The first-order valence-corrected chi connectivity index (χ1v) is 8.12. The van der Waals surface area contributed by atoms with Gasteiger partial charge in [-0.2, -0.15) is 0 Å². The molecule has 24 heavy (non-hydrogen) atoms. The van der Waals surface area contributed by atoms with Crippen molar-refractivity contribution in [3.05, 3.63) is 47.7 Å². The summed E-state index contributed by atoms with van der Waals surface area (Å²) in [5, 5.41) is 2.74. The van der Waals surface area contributed by atoms with Crippen molar-refractivity contribution in [3.8, 4) is 11.3 Å². The summed E-state index contributed by atoms with van der Waals surface area (Å²) in [4.78, 5) is 11.8. The van der Waals surface area contributed by atoms with Crippen LogP contribution in [0.2, 0.25) is 0 Å². The van der Waals surface area contributed by atoms with E-state index in [0.29, 0.717) is 13.1 Å². The number of carbonyl (C=O) groups excluding carboxylic acids is 1. The van der Waals surface area contributed by atoms with Crippen molar-refractivity contribution in [2.45, 2.75) is 39.2 Å². The molecule has 1 aromatic heterocycles. The van der Waals surface area contributed by atoms with Crippen LogP contribution in [-0.4, -0.2) is 24.8 Å². The van der Waals surface area contributed by atoms with Crippen LogP contribution in [-0.2, 0) is 4.74 Å². The normalized spacial score (nSPS) is 12.7. The Kier molecular flexibility index (Phi) is 5.67. The van der Waals surface area contributed by atoms with Crippen molar-refractivity contribution in [1.82, 2.24) is 5.32 Å². The minimum atomic E-state index is -0.522. The first-order valence-electron chi connectivity index (χ1n) is 8.12. The summed E-state index contributed by atoms with van der Waals surface area (Å²) in [5.74, 6) is 1.45. The van der Waals surface area contributed by atoms with E-state index in [1.807, 2.05) is 64.1 Å². The SMILES string of the molecule is Cc1ccc(-c2ccc(C(CN)CNC(=O)OC(C)(C)C)o2)cc1. The minimum absolute atomic E-state index is 0.100. The summed E-state index contributed by atoms with van der Waals surface area (Å²) < 4.78 is 11.2. The predicted molar refractivity (Wildman–Crippen MR) is 94.9 cm³/mol. The van der Waals surface area contributed by atoms with E-state index in [1.165, 1.54) is 5.56 Å². The molecule has 0 saturated heterocycles. The predicted octanol–water partition coefficient (Wildman–Crippen LogP) is 3.82. The van der Waals surface area contributed by atoms with Gasteiger partial charge in [-0.3, -0.25) is 0 Å². The molecular weight excluding hydrogens is 304 g/mol. The molecule has 0 aliphatic rings. The quantitative estimate of drug-likeness (QED) is 0.873. The third-order valence-corrected chi connectivity index (χ3v) is 3.54. The van der Waals surface area contributed by atoms with Gasteiger partial charge >= 0.3 is 6.09 Å². The largest absolute Gasteiger partial charge is 0.461 e. The van der Waals surface area contributed by atoms with Gasteiger partial charge < -0.3 is 20.2 Å². The fraction of sp³-hybridized carbons (Fsp3) is 0.421. The molecule has 5 heteroatoms. The number of furan rings is 1. The lowest BCUT2D eigenvalue weighted by Gasteiger charge is -2.21. The van der Waals surface area contributed by atoms with Crippen LogP contribution in [0, 0.1) is 6.92 Å². The third kappa shape index (κ3) is 5.13. The van der Waals surface area contributed by atoms with E-state index in [4.69, 9.17) is 14.9 Å². The Bertz CT molecular complexity index is 669. The van der Waals surface area contributed by atoms with Crippen molar-refractivity contribution in [2.24, 2.45) is 5.73 Å². The molecule has 1 unspecified atom stereocenters. The van der Waals surface area contributed by atoms with Gasteiger partial charge in [0.2, 0.25) is 0 Å². The number of amides is 1. The van der Waals surface area contributed by atoms with E-state index < -0.39 is 11.7 Å². The highest BCUT2D eigenvalue weighted by molar-refractivity contribution is 5.67. The molecule has 0 bridgehead atoms. The number of nitrogens with one attached hydrogen (secondary N) is 1. The van der Waals surface area contributed by atoms with Gasteiger partial charge in [-0.25, -0.2) is 4.79 Å². The van der Waals surface area contributed by atoms with Gasteiger partial charge in [-0.15, -0.1) is 0 Å². The summed E-state index contributed by atoms with van der Waals surface area (Å²) in [7, 11) is 0. The van der Waals surface area contributed by atoms with Crippen molar-refractivity contribution < 1.29 is 13.9 Å². The molecule has 3 N–H and O–H groups in total. The summed E-state index contributed by atoms with van der Waals surface area (Å²) in [6, 6.07) is 12.0. The van der Waals surface area contributed by atoms with Gasteiger partial charge in [0.25, 0.3) is 0 Å². The van der Waals surface area contributed by atoms with Crippen molar-refractivity contribution in [3.63, 3.8) is 0 Å². The third-order valence-electron chi connectivity index (χ3n) is 3.54. The van der Waals surface area contributed by atoms with Crippen LogP contribution in [0.4, 0.5) is 4.79 Å². The Morgan fingerprint density at radius 3 is 2.46 bits per heavy atom. The molecule has 0 saturated carbocycles. The number of carbonyl (C=O) groups is 1. The summed E-state index contributed by atoms with van der Waals surface area (Å²) in [5.41, 5.74) is 7.53. The van der Waals surface area contributed by atoms with E-state index in [9.17, 15) is 4.79 Å². The lowest BCUT2D eigenvalue weighted by Crippen LogP contribution is -2.36. The Hall–Kier alpha value is -2.27. The van der Waals surface area contributed by atoms with Crippen LogP contribution in [0.15, 0.2) is 40.8 Å². The lowest BCUT2D eigenvalue weighted by molar-refractivity contribution is 0.0524. The minimum Gasteiger partial charge on any atom is -0.461 e. The zero-order valence-electron chi connectivity index (χ0n) is 14.8. The smallest absolute Gasteiger partial charge is 0.407 e. The van der Waals surface area contributed by atoms with Gasteiger partial charge in [0.1, 0.15) is 17.1 Å². The van der Waals surface area contributed by atoms with Crippen LogP contribution in [0.3, 0.4) is 0 Å². The van der Waals surface area contributed by atoms with Gasteiger partial charge in [-0.1, -0.05) is 29.8 Å². The molecule has 0 aliphatic carbocycles. The number of benzene rings is 1. The van der Waals surface area contributed by atoms with E-state index in [1.54, 1.807) is 0 Å². The molecule has 1 heterocycles. The zero-order chi connectivity index (χ0) is 17.7. The van der Waals surface area contributed by atoms with Crippen LogP contribution in [0.5, 0.6) is 0 Å². The standard InChI is InChI=1S/C19H26N2O3/c1-13-5-7-14(8-6-13)16-9-10-17(23-16)15(11-20)12-21-18(22)24-19(2,3)4/h5-10,15H,11-12,20H2,1-4H3,(H,21,22). The molecule has 130 valence electrons. The molecule has 5 nitrogen and oxygen atoms in total. The maximum atomic E-state index is 11.8. The number of hydrogen-bond donors (Lipinski definition) is 2. The molecule has 0 spiro atoms. The first-order chi connectivity index (χ1) is 11.3. The number of hydrogen-bond acceptors (Lipinski definition) is 4. The molecule has 1 atom stereocenters. The highest BCUT2D eigenvalue weighted by Gasteiger charge is 2.19. The zero-order valence-corrected chi connectivity index (χ0v) is 14.8. The summed E-state index contributed by atoms with van der Waals surface area (Å²) in [6.45, 7) is 8.27. The van der Waals surface area contributed by atoms with Crippen LogP contribution in [0.1, 0.15) is 38.0 Å². The molecule has 2 rings (SSSR count). The first kappa shape index (κ1) is 18.1. The second-order valence-electron chi connectivity index (χ2n) is 6.88. The topological polar surface area (TPSA) is 77.5 Å². The van der Waals surface area contributed by atoms with Gasteiger partial charge in [-0.05, 0) is 39.8 Å². The van der Waals surface area contributed by atoms with Gasteiger partial charge in [0.05, 0.1) is 0 Å². The average Bonchev–Trinajstić information content (AvgIpc) is 2.96. The van der Waals surface area contributed by atoms with E-state index in [0.717, 1.165) is 17.1 Å². The fourth-order valence-electron chi connectivity index (χ4n) is 2.27. The Morgan fingerprint density at radius 1 is 1.21 bits per heavy atom. The second kappa shape index (κ2) is 7.53. The molecular formula is C19H26N2O3. The van der Waals surface area contributed by atoms with Crippen LogP contribution in [0.25, 0.3) is 11.3 Å². The van der Waals surface area contributed by atoms with Crippen molar-refractivity contribution in [1.29, 1.82) is 0 Å². The summed E-state index contributed by atoms with van der Waals surface area (Å²) >= 11 is 0. The Labute approximate surface area is 143 Å². The van der Waals surface area contributed by atoms with Crippen LogP contribution < -0.4 is 11.1 Å². The summed E-state index contributed by atoms with van der Waals surface area (Å²) in [6.07, 6.45) is -0.453. The molecule has 0 aliphatic heterocycles. The molecule has 1 amide bonds. The fourth-order valence-corrected chi connectivity index (χ4v) is 2.27. The Morgan fingerprint density at radius 2 is 1.88 bits per heavy atom. The number of nitrogens with two attached hydrogens (primary N) is 1. The van der Waals surface area contributed by atoms with E-state index in [-0.39, 0.29) is 5.92 Å². The van der Waals surface area contributed by atoms with Gasteiger partial charge in [0, 0.05) is 24.6 Å². The average molecular weight is 330 g/mol. The molecule has 2 aromatic rings. The highest BCUT2D eigenvalue weighted by atomic mass is 16.6. The highest BCUT2D eigenvalue weighted by Crippen LogP contribution is 2.26. The van der Waals surface area contributed by atoms with Crippen molar-refractivity contribution in [2.75, 3.05) is 13.1 Å². The maximum absolute atomic E-state index is 11.8. The second-order valence-corrected chi connectivity index (χ2v) is 6.88. The van der Waals surface area contributed by atoms with Crippen molar-refractivity contribution >= 4 is 6.09 Å². The molecule has 0 fully saturated rings. The van der Waals surface area contributed by atoms with Gasteiger partial charge in [0.15, 0.2) is 0 Å².